The number of amides is 1. The molecule has 1 aliphatic rings. The van der Waals surface area contributed by atoms with Crippen LogP contribution in [0.3, 0.4) is 0 Å². The maximum atomic E-state index is 12.1. The van der Waals surface area contributed by atoms with Gasteiger partial charge in [0.2, 0.25) is 5.91 Å². The van der Waals surface area contributed by atoms with Crippen LogP contribution in [0.4, 0.5) is 0 Å². The Morgan fingerprint density at radius 2 is 1.94 bits per heavy atom. The molecule has 0 saturated carbocycles. The van der Waals surface area contributed by atoms with Crippen LogP contribution in [0.1, 0.15) is 18.4 Å². The van der Waals surface area contributed by atoms with Crippen molar-refractivity contribution >= 4 is 17.5 Å². The fourth-order valence-corrected chi connectivity index (χ4v) is 2.19. The molecule has 1 heterocycles. The monoisotopic (exact) mass is 267 g/mol. The Morgan fingerprint density at radius 3 is 2.56 bits per heavy atom. The number of benzene rings is 1. The van der Waals surface area contributed by atoms with Crippen LogP contribution in [0.15, 0.2) is 24.3 Å². The summed E-state index contributed by atoms with van der Waals surface area (Å²) in [7, 11) is 0. The van der Waals surface area contributed by atoms with E-state index in [2.05, 4.69) is 10.6 Å². The van der Waals surface area contributed by atoms with Crippen LogP contribution in [0.2, 0.25) is 5.02 Å². The van der Waals surface area contributed by atoms with Crippen LogP contribution in [0.25, 0.3) is 0 Å². The summed E-state index contributed by atoms with van der Waals surface area (Å²) in [5, 5.41) is 6.79. The van der Waals surface area contributed by atoms with Gasteiger partial charge in [-0.25, -0.2) is 0 Å². The highest BCUT2D eigenvalue weighted by molar-refractivity contribution is 6.30. The zero-order chi connectivity index (χ0) is 13.0. The van der Waals surface area contributed by atoms with E-state index in [-0.39, 0.29) is 5.91 Å². The van der Waals surface area contributed by atoms with E-state index in [1.807, 2.05) is 24.3 Å². The maximum Gasteiger partial charge on any atom is 0.240 e. The number of halogens is 1. The summed E-state index contributed by atoms with van der Waals surface area (Å²) in [5.41, 5.74) is 6.41. The second-order valence-electron chi connectivity index (χ2n) is 4.72. The quantitative estimate of drug-likeness (QED) is 0.767. The molecule has 4 N–H and O–H groups in total. The molecule has 0 bridgehead atoms. The van der Waals surface area contributed by atoms with Gasteiger partial charge < -0.3 is 16.4 Å². The number of nitrogens with one attached hydrogen (secondary N) is 2. The molecular weight excluding hydrogens is 250 g/mol. The zero-order valence-electron chi connectivity index (χ0n) is 10.2. The minimum atomic E-state index is -0.725. The minimum absolute atomic E-state index is 0.0704. The summed E-state index contributed by atoms with van der Waals surface area (Å²) >= 11 is 5.80. The Morgan fingerprint density at radius 1 is 1.33 bits per heavy atom. The lowest BCUT2D eigenvalue weighted by Gasteiger charge is -2.32. The van der Waals surface area contributed by atoms with Crippen LogP contribution in [-0.4, -0.2) is 24.5 Å². The summed E-state index contributed by atoms with van der Waals surface area (Å²) in [6.07, 6.45) is 1.36. The minimum Gasteiger partial charge on any atom is -0.350 e. The molecule has 1 saturated heterocycles. The largest absolute Gasteiger partial charge is 0.350 e. The molecular formula is C13H18ClN3O. The summed E-state index contributed by atoms with van der Waals surface area (Å²) in [6.45, 7) is 2.08. The first kappa shape index (κ1) is 13.3. The van der Waals surface area contributed by atoms with Crippen molar-refractivity contribution in [2.45, 2.75) is 24.9 Å². The second kappa shape index (κ2) is 5.69. The third kappa shape index (κ3) is 3.22. The van der Waals surface area contributed by atoms with E-state index in [0.717, 1.165) is 18.7 Å². The van der Waals surface area contributed by atoms with E-state index in [0.29, 0.717) is 24.4 Å². The van der Waals surface area contributed by atoms with Crippen LogP contribution < -0.4 is 16.4 Å². The summed E-state index contributed by atoms with van der Waals surface area (Å²) in [4.78, 5) is 12.1. The molecule has 4 nitrogen and oxygen atoms in total. The van der Waals surface area contributed by atoms with E-state index in [9.17, 15) is 4.79 Å². The predicted octanol–water partition coefficient (Wildman–Crippen LogP) is 1.04. The highest BCUT2D eigenvalue weighted by Gasteiger charge is 2.34. The average Bonchev–Trinajstić information content (AvgIpc) is 2.38. The van der Waals surface area contributed by atoms with Gasteiger partial charge in [0.15, 0.2) is 0 Å². The number of carbonyl (C=O) groups excluding carboxylic acids is 1. The number of piperidine rings is 1. The molecule has 5 heteroatoms. The van der Waals surface area contributed by atoms with Gasteiger partial charge in [-0.05, 0) is 43.6 Å². The van der Waals surface area contributed by atoms with E-state index in [1.165, 1.54) is 0 Å². The van der Waals surface area contributed by atoms with Gasteiger partial charge in [-0.1, -0.05) is 23.7 Å². The van der Waals surface area contributed by atoms with Gasteiger partial charge in [0.1, 0.15) is 0 Å². The molecule has 0 spiro atoms. The third-order valence-electron chi connectivity index (χ3n) is 3.31. The fraction of sp³-hybridized carbons (Fsp3) is 0.462. The first-order valence-corrected chi connectivity index (χ1v) is 6.50. The maximum absolute atomic E-state index is 12.1. The number of rotatable bonds is 3. The number of carbonyl (C=O) groups is 1. The molecule has 0 unspecified atom stereocenters. The lowest BCUT2D eigenvalue weighted by Crippen LogP contribution is -2.58. The van der Waals surface area contributed by atoms with Gasteiger partial charge in [0, 0.05) is 11.6 Å². The zero-order valence-corrected chi connectivity index (χ0v) is 11.0. The van der Waals surface area contributed by atoms with Gasteiger partial charge in [0.05, 0.1) is 5.54 Å². The Hall–Kier alpha value is -1.10. The van der Waals surface area contributed by atoms with Gasteiger partial charge in [-0.15, -0.1) is 0 Å². The Bertz CT molecular complexity index is 413. The van der Waals surface area contributed by atoms with Crippen molar-refractivity contribution < 1.29 is 4.79 Å². The highest BCUT2D eigenvalue weighted by Crippen LogP contribution is 2.15. The molecule has 0 atom stereocenters. The topological polar surface area (TPSA) is 67.2 Å². The summed E-state index contributed by atoms with van der Waals surface area (Å²) in [6, 6.07) is 7.42. The molecule has 0 radical (unpaired) electrons. The fourth-order valence-electron chi connectivity index (χ4n) is 2.06. The van der Waals surface area contributed by atoms with Crippen molar-refractivity contribution in [2.24, 2.45) is 5.73 Å². The van der Waals surface area contributed by atoms with Crippen molar-refractivity contribution in [3.8, 4) is 0 Å². The van der Waals surface area contributed by atoms with Gasteiger partial charge in [-0.2, -0.15) is 0 Å². The molecule has 2 rings (SSSR count). The highest BCUT2D eigenvalue weighted by atomic mass is 35.5. The van der Waals surface area contributed by atoms with Crippen LogP contribution in [0, 0.1) is 0 Å². The Labute approximate surface area is 112 Å². The second-order valence-corrected chi connectivity index (χ2v) is 5.15. The molecule has 0 aromatic heterocycles. The van der Waals surface area contributed by atoms with Crippen molar-refractivity contribution in [3.63, 3.8) is 0 Å². The van der Waals surface area contributed by atoms with Crippen LogP contribution in [-0.2, 0) is 11.3 Å². The van der Waals surface area contributed by atoms with Crippen molar-refractivity contribution in [3.05, 3.63) is 34.9 Å². The van der Waals surface area contributed by atoms with Gasteiger partial charge in [0.25, 0.3) is 0 Å². The predicted molar refractivity (Wildman–Crippen MR) is 72.3 cm³/mol. The van der Waals surface area contributed by atoms with Crippen molar-refractivity contribution in [1.29, 1.82) is 0 Å². The van der Waals surface area contributed by atoms with E-state index in [1.54, 1.807) is 0 Å². The first-order valence-electron chi connectivity index (χ1n) is 6.12. The van der Waals surface area contributed by atoms with Crippen LogP contribution in [0.5, 0.6) is 0 Å². The average molecular weight is 268 g/mol. The normalized spacial score (nSPS) is 18.3. The van der Waals surface area contributed by atoms with E-state index in [4.69, 9.17) is 17.3 Å². The Kier molecular flexibility index (Phi) is 4.22. The summed E-state index contributed by atoms with van der Waals surface area (Å²) in [5.74, 6) is -0.0704. The molecule has 1 aromatic carbocycles. The summed E-state index contributed by atoms with van der Waals surface area (Å²) < 4.78 is 0. The van der Waals surface area contributed by atoms with Crippen LogP contribution >= 0.6 is 11.6 Å². The SMILES string of the molecule is NC1(C(=O)NCc2ccc(Cl)cc2)CCNCC1. The molecule has 1 amide bonds. The first-order chi connectivity index (χ1) is 8.60. The molecule has 98 valence electrons. The number of hydrogen-bond donors (Lipinski definition) is 3. The molecule has 1 aromatic rings. The number of hydrogen-bond acceptors (Lipinski definition) is 3. The molecule has 0 aliphatic carbocycles. The standard InChI is InChI=1S/C13H18ClN3O/c14-11-3-1-10(2-4-11)9-17-12(18)13(15)5-7-16-8-6-13/h1-4,16H,5-9,15H2,(H,17,18). The lowest BCUT2D eigenvalue weighted by molar-refractivity contribution is -0.127. The smallest absolute Gasteiger partial charge is 0.240 e. The molecule has 18 heavy (non-hydrogen) atoms. The van der Waals surface area contributed by atoms with Gasteiger partial charge in [-0.3, -0.25) is 4.79 Å². The number of nitrogens with two attached hydrogens (primary N) is 1. The Balaban J connectivity index is 1.89. The van der Waals surface area contributed by atoms with Crippen molar-refractivity contribution in [2.75, 3.05) is 13.1 Å². The molecule has 1 fully saturated rings. The van der Waals surface area contributed by atoms with E-state index < -0.39 is 5.54 Å². The third-order valence-corrected chi connectivity index (χ3v) is 3.57. The van der Waals surface area contributed by atoms with Gasteiger partial charge >= 0.3 is 0 Å². The van der Waals surface area contributed by atoms with Crippen molar-refractivity contribution in [1.82, 2.24) is 10.6 Å². The van der Waals surface area contributed by atoms with E-state index >= 15 is 0 Å². The molecule has 1 aliphatic heterocycles. The lowest BCUT2D eigenvalue weighted by atomic mass is 9.88.